The van der Waals surface area contributed by atoms with Gasteiger partial charge in [0.1, 0.15) is 5.01 Å². The highest BCUT2D eigenvalue weighted by atomic mass is 32.1. The fourth-order valence-corrected chi connectivity index (χ4v) is 3.03. The number of amides is 2. The zero-order valence-corrected chi connectivity index (χ0v) is 15.1. The maximum Gasteiger partial charge on any atom is 0.279 e. The van der Waals surface area contributed by atoms with Crippen molar-refractivity contribution >= 4 is 39.4 Å². The molecule has 0 saturated carbocycles. The Balaban J connectivity index is 1.50. The first-order chi connectivity index (χ1) is 13.0. The average molecular weight is 385 g/mol. The summed E-state index contributed by atoms with van der Waals surface area (Å²) in [6.07, 6.45) is 1.83. The predicted molar refractivity (Wildman–Crippen MR) is 101 cm³/mol. The summed E-state index contributed by atoms with van der Waals surface area (Å²) < 4.78 is 19.8. The highest BCUT2D eigenvalue weighted by Crippen LogP contribution is 2.22. The third-order valence-corrected chi connectivity index (χ3v) is 4.51. The number of benzene rings is 2. The molecule has 3 rings (SSSR count). The SMILES string of the molecule is CC(Oc1ccccc1F)C(=O)NNC(=O)C=Cc1nc2ccccc2s1. The van der Waals surface area contributed by atoms with Crippen molar-refractivity contribution in [1.82, 2.24) is 15.8 Å². The van der Waals surface area contributed by atoms with Crippen LogP contribution in [0.2, 0.25) is 0 Å². The minimum Gasteiger partial charge on any atom is -0.478 e. The van der Waals surface area contributed by atoms with Gasteiger partial charge in [0.05, 0.1) is 10.2 Å². The Bertz CT molecular complexity index is 970. The van der Waals surface area contributed by atoms with Crippen molar-refractivity contribution in [2.75, 3.05) is 0 Å². The summed E-state index contributed by atoms with van der Waals surface area (Å²) in [6, 6.07) is 13.4. The molecular weight excluding hydrogens is 369 g/mol. The second-order valence-electron chi connectivity index (χ2n) is 5.52. The van der Waals surface area contributed by atoms with Gasteiger partial charge >= 0.3 is 0 Å². The third-order valence-electron chi connectivity index (χ3n) is 3.51. The van der Waals surface area contributed by atoms with E-state index in [1.54, 1.807) is 12.1 Å². The number of rotatable bonds is 5. The molecule has 1 aromatic heterocycles. The van der Waals surface area contributed by atoms with Crippen LogP contribution in [0.25, 0.3) is 16.3 Å². The minimum absolute atomic E-state index is 0.0396. The Morgan fingerprint density at radius 3 is 2.67 bits per heavy atom. The van der Waals surface area contributed by atoms with E-state index in [9.17, 15) is 14.0 Å². The molecule has 8 heteroatoms. The monoisotopic (exact) mass is 385 g/mol. The van der Waals surface area contributed by atoms with Crippen LogP contribution in [0.5, 0.6) is 5.75 Å². The molecule has 2 amide bonds. The van der Waals surface area contributed by atoms with E-state index < -0.39 is 23.7 Å². The van der Waals surface area contributed by atoms with E-state index >= 15 is 0 Å². The van der Waals surface area contributed by atoms with Gasteiger partial charge in [-0.1, -0.05) is 24.3 Å². The van der Waals surface area contributed by atoms with Gasteiger partial charge in [-0.2, -0.15) is 0 Å². The summed E-state index contributed by atoms with van der Waals surface area (Å²) in [6.45, 7) is 1.45. The molecule has 0 radical (unpaired) electrons. The second-order valence-corrected chi connectivity index (χ2v) is 6.58. The number of halogens is 1. The van der Waals surface area contributed by atoms with Crippen molar-refractivity contribution in [3.63, 3.8) is 0 Å². The van der Waals surface area contributed by atoms with Crippen LogP contribution < -0.4 is 15.6 Å². The maximum atomic E-state index is 13.5. The number of hydrogen-bond acceptors (Lipinski definition) is 5. The Hall–Kier alpha value is -3.26. The maximum absolute atomic E-state index is 13.5. The Kier molecular flexibility index (Phi) is 5.77. The second kappa shape index (κ2) is 8.41. The zero-order valence-electron chi connectivity index (χ0n) is 14.3. The van der Waals surface area contributed by atoms with Gasteiger partial charge in [-0.25, -0.2) is 9.37 Å². The first-order valence-electron chi connectivity index (χ1n) is 8.07. The summed E-state index contributed by atoms with van der Waals surface area (Å²) >= 11 is 1.45. The van der Waals surface area contributed by atoms with Crippen molar-refractivity contribution in [1.29, 1.82) is 0 Å². The number of nitrogens with zero attached hydrogens (tertiary/aromatic N) is 1. The molecule has 1 heterocycles. The van der Waals surface area contributed by atoms with E-state index in [0.717, 1.165) is 10.2 Å². The number of thiazole rings is 1. The van der Waals surface area contributed by atoms with Gasteiger partial charge in [-0.15, -0.1) is 11.3 Å². The largest absolute Gasteiger partial charge is 0.478 e. The third kappa shape index (κ3) is 4.89. The van der Waals surface area contributed by atoms with Crippen molar-refractivity contribution in [2.45, 2.75) is 13.0 Å². The topological polar surface area (TPSA) is 80.3 Å². The predicted octanol–water partition coefficient (Wildman–Crippen LogP) is 3.06. The number of hydrazine groups is 1. The fraction of sp³-hybridized carbons (Fsp3) is 0.105. The lowest BCUT2D eigenvalue weighted by molar-refractivity contribution is -0.131. The molecule has 0 fully saturated rings. The van der Waals surface area contributed by atoms with Crippen LogP contribution in [0, 0.1) is 5.82 Å². The van der Waals surface area contributed by atoms with Crippen molar-refractivity contribution in [3.05, 3.63) is 65.4 Å². The standard InChI is InChI=1S/C19H16FN3O3S/c1-12(26-15-8-4-2-6-13(15)20)19(25)23-22-17(24)10-11-18-21-14-7-3-5-9-16(14)27-18/h2-12H,1H3,(H,22,24)(H,23,25). The molecule has 1 atom stereocenters. The van der Waals surface area contributed by atoms with Gasteiger partial charge in [-0.3, -0.25) is 20.4 Å². The van der Waals surface area contributed by atoms with Gasteiger partial charge in [0, 0.05) is 6.08 Å². The van der Waals surface area contributed by atoms with E-state index in [1.165, 1.54) is 42.5 Å². The van der Waals surface area contributed by atoms with Gasteiger partial charge in [0.25, 0.3) is 11.8 Å². The van der Waals surface area contributed by atoms with E-state index in [0.29, 0.717) is 5.01 Å². The van der Waals surface area contributed by atoms with Crippen LogP contribution >= 0.6 is 11.3 Å². The highest BCUT2D eigenvalue weighted by molar-refractivity contribution is 7.19. The molecule has 0 aliphatic rings. The van der Waals surface area contributed by atoms with Gasteiger partial charge in [-0.05, 0) is 37.3 Å². The van der Waals surface area contributed by atoms with Gasteiger partial charge in [0.15, 0.2) is 17.7 Å². The number of carbonyl (C=O) groups is 2. The molecule has 1 unspecified atom stereocenters. The molecule has 0 spiro atoms. The molecule has 27 heavy (non-hydrogen) atoms. The van der Waals surface area contributed by atoms with Crippen molar-refractivity contribution in [2.24, 2.45) is 0 Å². The highest BCUT2D eigenvalue weighted by Gasteiger charge is 2.16. The summed E-state index contributed by atoms with van der Waals surface area (Å²) in [4.78, 5) is 28.2. The van der Waals surface area contributed by atoms with Gasteiger partial charge in [0.2, 0.25) is 0 Å². The lowest BCUT2D eigenvalue weighted by Crippen LogP contribution is -2.46. The molecule has 2 aromatic carbocycles. The number of ether oxygens (including phenoxy) is 1. The number of fused-ring (bicyclic) bond motifs is 1. The Labute approximate surface area is 158 Å². The smallest absolute Gasteiger partial charge is 0.279 e. The summed E-state index contributed by atoms with van der Waals surface area (Å²) in [5.41, 5.74) is 5.33. The summed E-state index contributed by atoms with van der Waals surface area (Å²) in [7, 11) is 0. The number of carbonyl (C=O) groups excluding carboxylic acids is 2. The molecule has 0 bridgehead atoms. The average Bonchev–Trinajstić information content (AvgIpc) is 3.09. The normalized spacial score (nSPS) is 12.1. The van der Waals surface area contributed by atoms with Crippen molar-refractivity contribution < 1.29 is 18.7 Å². The number of nitrogens with one attached hydrogen (secondary N) is 2. The fourth-order valence-electron chi connectivity index (χ4n) is 2.16. The van der Waals surface area contributed by atoms with E-state index in [-0.39, 0.29) is 5.75 Å². The molecular formula is C19H16FN3O3S. The molecule has 0 saturated heterocycles. The number of para-hydroxylation sites is 2. The van der Waals surface area contributed by atoms with Crippen LogP contribution in [0.15, 0.2) is 54.6 Å². The number of aromatic nitrogens is 1. The minimum atomic E-state index is -0.990. The summed E-state index contributed by atoms with van der Waals surface area (Å²) in [5, 5.41) is 0.675. The van der Waals surface area contributed by atoms with Crippen LogP contribution in [0.4, 0.5) is 4.39 Å². The molecule has 6 nitrogen and oxygen atoms in total. The van der Waals surface area contributed by atoms with Crippen LogP contribution in [0.1, 0.15) is 11.9 Å². The van der Waals surface area contributed by atoms with Gasteiger partial charge < -0.3 is 4.74 Å². The van der Waals surface area contributed by atoms with E-state index in [4.69, 9.17) is 4.74 Å². The zero-order chi connectivity index (χ0) is 19.2. The Morgan fingerprint density at radius 1 is 1.15 bits per heavy atom. The van der Waals surface area contributed by atoms with Crippen LogP contribution in [-0.4, -0.2) is 22.9 Å². The quantitative estimate of drug-likeness (QED) is 0.523. The molecule has 0 aliphatic heterocycles. The van der Waals surface area contributed by atoms with Crippen LogP contribution in [-0.2, 0) is 9.59 Å². The lowest BCUT2D eigenvalue weighted by Gasteiger charge is -2.15. The molecule has 2 N–H and O–H groups in total. The van der Waals surface area contributed by atoms with E-state index in [1.807, 2.05) is 24.3 Å². The molecule has 138 valence electrons. The summed E-state index contributed by atoms with van der Waals surface area (Å²) in [5.74, 6) is -1.75. The van der Waals surface area contributed by atoms with Crippen LogP contribution in [0.3, 0.4) is 0 Å². The molecule has 3 aromatic rings. The molecule has 0 aliphatic carbocycles. The van der Waals surface area contributed by atoms with E-state index in [2.05, 4.69) is 15.8 Å². The first-order valence-corrected chi connectivity index (χ1v) is 8.89. The van der Waals surface area contributed by atoms with Crippen molar-refractivity contribution in [3.8, 4) is 5.75 Å². The lowest BCUT2D eigenvalue weighted by atomic mass is 10.3. The Morgan fingerprint density at radius 2 is 1.89 bits per heavy atom. The first kappa shape index (κ1) is 18.5. The number of hydrogen-bond donors (Lipinski definition) is 2.